The Bertz CT molecular complexity index is 620. The summed E-state index contributed by atoms with van der Waals surface area (Å²) in [6.07, 6.45) is 0.866. The summed E-state index contributed by atoms with van der Waals surface area (Å²) in [7, 11) is 3.49. The second-order valence-electron chi connectivity index (χ2n) is 5.28. The van der Waals surface area contributed by atoms with Crippen LogP contribution in [0.5, 0.6) is 5.75 Å². The molecule has 5 heteroatoms. The fourth-order valence-electron chi connectivity index (χ4n) is 2.27. The third kappa shape index (κ3) is 2.75. The maximum absolute atomic E-state index is 6.15. The SMILES string of the molecule is COc1ccc(Cl)cc1-c1nn(C)c(N)c1CC(C)C. The van der Waals surface area contributed by atoms with E-state index in [1.807, 2.05) is 19.2 Å². The van der Waals surface area contributed by atoms with Crippen molar-refractivity contribution >= 4 is 17.4 Å². The van der Waals surface area contributed by atoms with Gasteiger partial charge in [0.25, 0.3) is 0 Å². The van der Waals surface area contributed by atoms with Crippen molar-refractivity contribution in [2.75, 3.05) is 12.8 Å². The highest BCUT2D eigenvalue weighted by molar-refractivity contribution is 6.31. The molecule has 0 fully saturated rings. The number of rotatable bonds is 4. The van der Waals surface area contributed by atoms with Gasteiger partial charge in [0.15, 0.2) is 0 Å². The second kappa shape index (κ2) is 5.75. The van der Waals surface area contributed by atoms with E-state index < -0.39 is 0 Å². The molecule has 108 valence electrons. The van der Waals surface area contributed by atoms with Crippen molar-refractivity contribution < 1.29 is 4.74 Å². The number of hydrogen-bond donors (Lipinski definition) is 1. The molecule has 0 amide bonds. The monoisotopic (exact) mass is 293 g/mol. The average molecular weight is 294 g/mol. The standard InChI is InChI=1S/C15H20ClN3O/c1-9(2)7-12-14(18-19(3)15(12)17)11-8-10(16)5-6-13(11)20-4/h5-6,8-9H,7,17H2,1-4H3. The first-order valence-corrected chi connectivity index (χ1v) is 6.97. The molecule has 0 aliphatic carbocycles. The van der Waals surface area contributed by atoms with Gasteiger partial charge in [-0.15, -0.1) is 0 Å². The lowest BCUT2D eigenvalue weighted by atomic mass is 9.98. The predicted molar refractivity (Wildman–Crippen MR) is 83.2 cm³/mol. The Morgan fingerprint density at radius 3 is 2.70 bits per heavy atom. The summed E-state index contributed by atoms with van der Waals surface area (Å²) < 4.78 is 7.12. The number of methoxy groups -OCH3 is 1. The van der Waals surface area contributed by atoms with Crippen molar-refractivity contribution in [3.8, 4) is 17.0 Å². The molecule has 0 bridgehead atoms. The zero-order valence-electron chi connectivity index (χ0n) is 12.3. The van der Waals surface area contributed by atoms with E-state index in [9.17, 15) is 0 Å². The van der Waals surface area contributed by atoms with Gasteiger partial charge in [-0.25, -0.2) is 0 Å². The van der Waals surface area contributed by atoms with Gasteiger partial charge in [0, 0.05) is 23.2 Å². The minimum Gasteiger partial charge on any atom is -0.496 e. The lowest BCUT2D eigenvalue weighted by molar-refractivity contribution is 0.416. The molecular formula is C15H20ClN3O. The van der Waals surface area contributed by atoms with E-state index in [4.69, 9.17) is 22.1 Å². The summed E-state index contributed by atoms with van der Waals surface area (Å²) in [6, 6.07) is 5.52. The van der Waals surface area contributed by atoms with Crippen LogP contribution in [-0.2, 0) is 13.5 Å². The smallest absolute Gasteiger partial charge is 0.128 e. The van der Waals surface area contributed by atoms with Gasteiger partial charge in [0.05, 0.1) is 7.11 Å². The van der Waals surface area contributed by atoms with Crippen molar-refractivity contribution in [2.45, 2.75) is 20.3 Å². The Morgan fingerprint density at radius 1 is 1.40 bits per heavy atom. The lowest BCUT2D eigenvalue weighted by Gasteiger charge is -2.10. The van der Waals surface area contributed by atoms with Gasteiger partial charge in [-0.2, -0.15) is 5.10 Å². The van der Waals surface area contributed by atoms with Gasteiger partial charge in [-0.3, -0.25) is 4.68 Å². The second-order valence-corrected chi connectivity index (χ2v) is 5.72. The summed E-state index contributed by atoms with van der Waals surface area (Å²) in [5, 5.41) is 5.19. The van der Waals surface area contributed by atoms with E-state index in [0.29, 0.717) is 16.8 Å². The zero-order valence-corrected chi connectivity index (χ0v) is 13.0. The largest absolute Gasteiger partial charge is 0.496 e. The minimum absolute atomic E-state index is 0.491. The van der Waals surface area contributed by atoms with Crippen LogP contribution in [0.2, 0.25) is 5.02 Å². The fourth-order valence-corrected chi connectivity index (χ4v) is 2.44. The number of nitrogens with two attached hydrogens (primary N) is 1. The molecular weight excluding hydrogens is 274 g/mol. The number of aryl methyl sites for hydroxylation is 1. The predicted octanol–water partition coefficient (Wildman–Crippen LogP) is 3.53. The minimum atomic E-state index is 0.491. The summed E-state index contributed by atoms with van der Waals surface area (Å²) in [6.45, 7) is 4.32. The van der Waals surface area contributed by atoms with Gasteiger partial charge in [0.2, 0.25) is 0 Å². The molecule has 0 aliphatic rings. The van der Waals surface area contributed by atoms with Crippen LogP contribution >= 0.6 is 11.6 Å². The van der Waals surface area contributed by atoms with Gasteiger partial charge in [-0.1, -0.05) is 25.4 Å². The van der Waals surface area contributed by atoms with Crippen molar-refractivity contribution in [2.24, 2.45) is 13.0 Å². The molecule has 1 aromatic heterocycles. The molecule has 0 atom stereocenters. The van der Waals surface area contributed by atoms with E-state index in [1.165, 1.54) is 0 Å². The lowest BCUT2D eigenvalue weighted by Crippen LogP contribution is -2.02. The molecule has 0 spiro atoms. The summed E-state index contributed by atoms with van der Waals surface area (Å²) >= 11 is 6.11. The van der Waals surface area contributed by atoms with E-state index in [1.54, 1.807) is 17.9 Å². The molecule has 2 aromatic rings. The maximum Gasteiger partial charge on any atom is 0.128 e. The first kappa shape index (κ1) is 14.7. The average Bonchev–Trinajstić information content (AvgIpc) is 2.66. The van der Waals surface area contributed by atoms with Gasteiger partial charge >= 0.3 is 0 Å². The number of nitrogen functional groups attached to an aromatic ring is 1. The fraction of sp³-hybridized carbons (Fsp3) is 0.400. The quantitative estimate of drug-likeness (QED) is 0.938. The molecule has 2 N–H and O–H groups in total. The normalized spacial score (nSPS) is 11.1. The van der Waals surface area contributed by atoms with Gasteiger partial charge < -0.3 is 10.5 Å². The topological polar surface area (TPSA) is 53.1 Å². The zero-order chi connectivity index (χ0) is 14.9. The molecule has 1 heterocycles. The molecule has 0 saturated carbocycles. The molecule has 0 unspecified atom stereocenters. The molecule has 0 saturated heterocycles. The Hall–Kier alpha value is -1.68. The number of halogens is 1. The van der Waals surface area contributed by atoms with Crippen LogP contribution in [0.3, 0.4) is 0 Å². The van der Waals surface area contributed by atoms with Crippen LogP contribution in [0.25, 0.3) is 11.3 Å². The first-order chi connectivity index (χ1) is 9.43. The van der Waals surface area contributed by atoms with Gasteiger partial charge in [0.1, 0.15) is 17.3 Å². The molecule has 4 nitrogen and oxygen atoms in total. The summed E-state index contributed by atoms with van der Waals surface area (Å²) in [5.74, 6) is 1.93. The molecule has 0 radical (unpaired) electrons. The number of benzene rings is 1. The molecule has 2 rings (SSSR count). The number of anilines is 1. The first-order valence-electron chi connectivity index (χ1n) is 6.59. The number of hydrogen-bond acceptors (Lipinski definition) is 3. The number of nitrogens with zero attached hydrogens (tertiary/aromatic N) is 2. The van der Waals surface area contributed by atoms with Crippen LogP contribution in [0, 0.1) is 5.92 Å². The van der Waals surface area contributed by atoms with Crippen LogP contribution in [0.4, 0.5) is 5.82 Å². The van der Waals surface area contributed by atoms with Crippen LogP contribution in [-0.4, -0.2) is 16.9 Å². The Morgan fingerprint density at radius 2 is 2.10 bits per heavy atom. The summed E-state index contributed by atoms with van der Waals surface area (Å²) in [5.41, 5.74) is 8.91. The van der Waals surface area contributed by atoms with E-state index >= 15 is 0 Å². The molecule has 0 aliphatic heterocycles. The third-order valence-electron chi connectivity index (χ3n) is 3.22. The summed E-state index contributed by atoms with van der Waals surface area (Å²) in [4.78, 5) is 0. The van der Waals surface area contributed by atoms with Crippen molar-refractivity contribution in [1.29, 1.82) is 0 Å². The maximum atomic E-state index is 6.15. The Labute approximate surface area is 124 Å². The third-order valence-corrected chi connectivity index (χ3v) is 3.46. The highest BCUT2D eigenvalue weighted by Crippen LogP contribution is 2.36. The van der Waals surface area contributed by atoms with Crippen LogP contribution in [0.15, 0.2) is 18.2 Å². The van der Waals surface area contributed by atoms with Crippen LogP contribution in [0.1, 0.15) is 19.4 Å². The van der Waals surface area contributed by atoms with Crippen molar-refractivity contribution in [3.05, 3.63) is 28.8 Å². The Kier molecular flexibility index (Phi) is 4.23. The molecule has 20 heavy (non-hydrogen) atoms. The van der Waals surface area contributed by atoms with E-state index in [0.717, 1.165) is 29.0 Å². The number of aromatic nitrogens is 2. The Balaban J connectivity index is 2.63. The van der Waals surface area contributed by atoms with Crippen molar-refractivity contribution in [1.82, 2.24) is 9.78 Å². The van der Waals surface area contributed by atoms with Crippen LogP contribution < -0.4 is 10.5 Å². The van der Waals surface area contributed by atoms with Crippen molar-refractivity contribution in [3.63, 3.8) is 0 Å². The van der Waals surface area contributed by atoms with E-state index in [-0.39, 0.29) is 0 Å². The van der Waals surface area contributed by atoms with Gasteiger partial charge in [-0.05, 0) is 30.5 Å². The molecule has 1 aromatic carbocycles. The van der Waals surface area contributed by atoms with E-state index in [2.05, 4.69) is 18.9 Å². The highest BCUT2D eigenvalue weighted by Gasteiger charge is 2.19. The highest BCUT2D eigenvalue weighted by atomic mass is 35.5. The number of ether oxygens (including phenoxy) is 1.